The maximum atomic E-state index is 12.8. The molecule has 1 aromatic heterocycles. The Morgan fingerprint density at radius 3 is 2.92 bits per heavy atom. The van der Waals surface area contributed by atoms with E-state index in [1.807, 2.05) is 13.1 Å². The summed E-state index contributed by atoms with van der Waals surface area (Å²) in [6.07, 6.45) is 6.47. The number of hydrogen-bond acceptors (Lipinski definition) is 3. The number of aryl methyl sites for hydroxylation is 4. The Hall–Kier alpha value is -2.23. The lowest BCUT2D eigenvalue weighted by atomic mass is 9.86. The molecule has 2 aliphatic rings. The fourth-order valence-electron chi connectivity index (χ4n) is 4.02. The first kappa shape index (κ1) is 15.3. The third-order valence-electron chi connectivity index (χ3n) is 5.33. The van der Waals surface area contributed by atoms with Crippen molar-refractivity contribution in [3.8, 4) is 0 Å². The van der Waals surface area contributed by atoms with E-state index >= 15 is 0 Å². The predicted molar refractivity (Wildman–Crippen MR) is 92.7 cm³/mol. The molecule has 24 heavy (non-hydrogen) atoms. The van der Waals surface area contributed by atoms with Crippen molar-refractivity contribution in [2.24, 2.45) is 5.92 Å². The van der Waals surface area contributed by atoms with Crippen molar-refractivity contribution in [1.82, 2.24) is 15.3 Å². The van der Waals surface area contributed by atoms with E-state index in [0.717, 1.165) is 49.2 Å². The van der Waals surface area contributed by atoms with Gasteiger partial charge in [-0.3, -0.25) is 4.79 Å². The normalized spacial score (nSPS) is 21.9. The van der Waals surface area contributed by atoms with Crippen molar-refractivity contribution < 1.29 is 4.79 Å². The van der Waals surface area contributed by atoms with Gasteiger partial charge in [0.1, 0.15) is 5.82 Å². The summed E-state index contributed by atoms with van der Waals surface area (Å²) >= 11 is 0. The first-order chi connectivity index (χ1) is 11.6. The van der Waals surface area contributed by atoms with E-state index in [-0.39, 0.29) is 17.9 Å². The summed E-state index contributed by atoms with van der Waals surface area (Å²) < 4.78 is 0. The lowest BCUT2D eigenvalue weighted by Gasteiger charge is -2.25. The molecule has 4 heteroatoms. The van der Waals surface area contributed by atoms with Crippen LogP contribution in [0.4, 0.5) is 0 Å². The fraction of sp³-hybridized carbons (Fsp3) is 0.450. The molecule has 2 unspecified atom stereocenters. The van der Waals surface area contributed by atoms with Crippen LogP contribution in [0.2, 0.25) is 0 Å². The summed E-state index contributed by atoms with van der Waals surface area (Å²) in [4.78, 5) is 21.5. The molecule has 0 fully saturated rings. The van der Waals surface area contributed by atoms with Crippen molar-refractivity contribution in [2.45, 2.75) is 52.0 Å². The van der Waals surface area contributed by atoms with Crippen LogP contribution in [0.1, 0.15) is 52.7 Å². The number of carbonyl (C=O) groups excluding carboxylic acids is 1. The Morgan fingerprint density at radius 1 is 1.17 bits per heavy atom. The van der Waals surface area contributed by atoms with Crippen LogP contribution < -0.4 is 5.32 Å². The molecule has 0 saturated carbocycles. The molecule has 4 nitrogen and oxygen atoms in total. The molecular weight excluding hydrogens is 298 g/mol. The largest absolute Gasteiger partial charge is 0.349 e. The molecule has 2 aliphatic carbocycles. The second-order valence-corrected chi connectivity index (χ2v) is 7.13. The summed E-state index contributed by atoms with van der Waals surface area (Å²) in [5.74, 6) is 1.03. The van der Waals surface area contributed by atoms with E-state index in [0.29, 0.717) is 0 Å². The summed E-state index contributed by atoms with van der Waals surface area (Å²) in [6.45, 7) is 4.04. The molecule has 0 aliphatic heterocycles. The zero-order valence-corrected chi connectivity index (χ0v) is 14.3. The highest BCUT2D eigenvalue weighted by molar-refractivity contribution is 5.80. The molecule has 0 bridgehead atoms. The molecule has 0 saturated heterocycles. The molecule has 2 atom stereocenters. The predicted octanol–water partition coefficient (Wildman–Crippen LogP) is 3.00. The van der Waals surface area contributed by atoms with Gasteiger partial charge in [-0.1, -0.05) is 23.8 Å². The van der Waals surface area contributed by atoms with Crippen LogP contribution in [0, 0.1) is 19.8 Å². The van der Waals surface area contributed by atoms with Gasteiger partial charge in [0.2, 0.25) is 5.91 Å². The summed E-state index contributed by atoms with van der Waals surface area (Å²) in [6, 6.07) is 6.73. The standard InChI is InChI=1S/C20H23N3O/c1-12-3-6-17-14(9-12)4-8-19(17)23-20(24)15-5-7-18-16(10-15)11-21-13(2)22-18/h3,6,9,11,15,19H,4-5,7-8,10H2,1-2H3,(H,23,24). The number of carbonyl (C=O) groups is 1. The maximum absolute atomic E-state index is 12.8. The van der Waals surface area contributed by atoms with Crippen LogP contribution in [0.15, 0.2) is 24.4 Å². The van der Waals surface area contributed by atoms with E-state index in [2.05, 4.69) is 40.4 Å². The van der Waals surface area contributed by atoms with Gasteiger partial charge in [0.25, 0.3) is 0 Å². The molecule has 1 N–H and O–H groups in total. The Balaban J connectivity index is 1.46. The van der Waals surface area contributed by atoms with Crippen LogP contribution >= 0.6 is 0 Å². The van der Waals surface area contributed by atoms with Gasteiger partial charge in [0.05, 0.1) is 6.04 Å². The van der Waals surface area contributed by atoms with Gasteiger partial charge in [-0.2, -0.15) is 0 Å². The van der Waals surface area contributed by atoms with E-state index in [1.165, 1.54) is 16.7 Å². The van der Waals surface area contributed by atoms with Crippen molar-refractivity contribution in [3.63, 3.8) is 0 Å². The Bertz CT molecular complexity index is 799. The van der Waals surface area contributed by atoms with E-state index < -0.39 is 0 Å². The monoisotopic (exact) mass is 321 g/mol. The van der Waals surface area contributed by atoms with Gasteiger partial charge < -0.3 is 5.32 Å². The summed E-state index contributed by atoms with van der Waals surface area (Å²) in [7, 11) is 0. The van der Waals surface area contributed by atoms with Gasteiger partial charge in [0.15, 0.2) is 0 Å². The quantitative estimate of drug-likeness (QED) is 0.925. The molecule has 124 valence electrons. The van der Waals surface area contributed by atoms with Crippen molar-refractivity contribution in [1.29, 1.82) is 0 Å². The van der Waals surface area contributed by atoms with Crippen LogP contribution in [0.25, 0.3) is 0 Å². The molecule has 1 aromatic carbocycles. The third-order valence-corrected chi connectivity index (χ3v) is 5.33. The summed E-state index contributed by atoms with van der Waals surface area (Å²) in [5.41, 5.74) is 6.23. The molecular formula is C20H23N3O. The second-order valence-electron chi connectivity index (χ2n) is 7.13. The molecule has 4 rings (SSSR count). The van der Waals surface area contributed by atoms with Crippen molar-refractivity contribution >= 4 is 5.91 Å². The number of fused-ring (bicyclic) bond motifs is 2. The summed E-state index contributed by atoms with van der Waals surface area (Å²) in [5, 5.41) is 3.29. The smallest absolute Gasteiger partial charge is 0.223 e. The Kier molecular flexibility index (Phi) is 3.83. The Labute approximate surface area is 142 Å². The van der Waals surface area contributed by atoms with Crippen molar-refractivity contribution in [2.75, 3.05) is 0 Å². The number of amides is 1. The maximum Gasteiger partial charge on any atom is 0.223 e. The van der Waals surface area contributed by atoms with Gasteiger partial charge in [-0.15, -0.1) is 0 Å². The lowest BCUT2D eigenvalue weighted by molar-refractivity contribution is -0.126. The number of benzene rings is 1. The minimum atomic E-state index is 0.0401. The second kappa shape index (κ2) is 6.00. The third kappa shape index (κ3) is 2.81. The zero-order valence-electron chi connectivity index (χ0n) is 14.3. The molecule has 1 heterocycles. The molecule has 1 amide bonds. The van der Waals surface area contributed by atoms with Crippen LogP contribution in [0.3, 0.4) is 0 Å². The first-order valence-corrected chi connectivity index (χ1v) is 8.81. The average molecular weight is 321 g/mol. The number of hydrogen-bond donors (Lipinski definition) is 1. The number of aromatic nitrogens is 2. The average Bonchev–Trinajstić information content (AvgIpc) is 2.96. The minimum Gasteiger partial charge on any atom is -0.349 e. The van der Waals surface area contributed by atoms with Gasteiger partial charge in [-0.05, 0) is 62.6 Å². The van der Waals surface area contributed by atoms with E-state index in [9.17, 15) is 4.79 Å². The molecule has 0 spiro atoms. The molecule has 2 aromatic rings. The number of rotatable bonds is 2. The first-order valence-electron chi connectivity index (χ1n) is 8.81. The lowest BCUT2D eigenvalue weighted by Crippen LogP contribution is -2.36. The SMILES string of the molecule is Cc1ccc2c(c1)CCC2NC(=O)C1CCc2nc(C)ncc2C1. The topological polar surface area (TPSA) is 54.9 Å². The van der Waals surface area contributed by atoms with Gasteiger partial charge >= 0.3 is 0 Å². The molecule has 0 radical (unpaired) electrons. The van der Waals surface area contributed by atoms with Gasteiger partial charge in [-0.25, -0.2) is 9.97 Å². The number of nitrogens with one attached hydrogen (secondary N) is 1. The highest BCUT2D eigenvalue weighted by Crippen LogP contribution is 2.32. The van der Waals surface area contributed by atoms with Crippen LogP contribution in [-0.2, 0) is 24.1 Å². The van der Waals surface area contributed by atoms with Crippen LogP contribution in [-0.4, -0.2) is 15.9 Å². The van der Waals surface area contributed by atoms with Crippen molar-refractivity contribution in [3.05, 3.63) is 58.2 Å². The highest BCUT2D eigenvalue weighted by atomic mass is 16.1. The van der Waals surface area contributed by atoms with Crippen LogP contribution in [0.5, 0.6) is 0 Å². The number of nitrogens with zero attached hydrogens (tertiary/aromatic N) is 2. The van der Waals surface area contributed by atoms with E-state index in [4.69, 9.17) is 0 Å². The zero-order chi connectivity index (χ0) is 16.7. The fourth-order valence-corrected chi connectivity index (χ4v) is 4.02. The van der Waals surface area contributed by atoms with Gasteiger partial charge in [0, 0.05) is 17.8 Å². The highest BCUT2D eigenvalue weighted by Gasteiger charge is 2.30. The van der Waals surface area contributed by atoms with E-state index in [1.54, 1.807) is 0 Å². The minimum absolute atomic E-state index is 0.0401. The Morgan fingerprint density at radius 2 is 2.04 bits per heavy atom.